The smallest absolute Gasteiger partial charge is 0.150 e. The maximum atomic E-state index is 6.07. The Morgan fingerprint density at radius 1 is 1.12 bits per heavy atom. The van der Waals surface area contributed by atoms with Crippen LogP contribution in [0.25, 0.3) is 0 Å². The monoisotopic (exact) mass is 356 g/mol. The molecule has 6 nitrogen and oxygen atoms in total. The Morgan fingerprint density at radius 3 is 2.73 bits per heavy atom. The number of aromatic nitrogens is 2. The van der Waals surface area contributed by atoms with Gasteiger partial charge in [-0.15, -0.1) is 0 Å². The molecular weight excluding hydrogens is 328 g/mol. The van der Waals surface area contributed by atoms with Crippen LogP contribution in [0.3, 0.4) is 0 Å². The molecule has 6 heteroatoms. The first-order valence-corrected chi connectivity index (χ1v) is 9.67. The van der Waals surface area contributed by atoms with Crippen molar-refractivity contribution >= 4 is 5.82 Å². The van der Waals surface area contributed by atoms with Gasteiger partial charge in [0, 0.05) is 39.0 Å². The third-order valence-corrected chi connectivity index (χ3v) is 5.28. The van der Waals surface area contributed by atoms with E-state index in [9.17, 15) is 0 Å². The number of hydrogen-bond donors (Lipinski definition) is 0. The van der Waals surface area contributed by atoms with E-state index in [-0.39, 0.29) is 6.10 Å². The highest BCUT2D eigenvalue weighted by Gasteiger charge is 2.23. The fraction of sp³-hybridized carbons (Fsp3) is 0.600. The van der Waals surface area contributed by atoms with Gasteiger partial charge >= 0.3 is 0 Å². The van der Waals surface area contributed by atoms with Gasteiger partial charge in [-0.3, -0.25) is 9.88 Å². The normalized spacial score (nSPS) is 21.9. The molecule has 2 aromatic heterocycles. The first-order chi connectivity index (χ1) is 12.7. The number of furan rings is 1. The van der Waals surface area contributed by atoms with Crippen LogP contribution in [-0.4, -0.2) is 47.7 Å². The molecule has 0 saturated carbocycles. The quantitative estimate of drug-likeness (QED) is 0.838. The standard InChI is InChI=1S/C20H28N4O2/c1-15-13-21-16(2)20(22-15)24-10-8-23(9-11-24)14-17-6-7-19(26-17)18-5-3-4-12-25-18/h6-7,13,18H,3-5,8-12,14H2,1-2H3/t18-/m0/s1. The van der Waals surface area contributed by atoms with Crippen LogP contribution in [0.15, 0.2) is 22.7 Å². The van der Waals surface area contributed by atoms with Crippen LogP contribution < -0.4 is 4.90 Å². The summed E-state index contributed by atoms with van der Waals surface area (Å²) >= 11 is 0. The molecule has 2 fully saturated rings. The average Bonchev–Trinajstić information content (AvgIpc) is 3.14. The molecule has 4 rings (SSSR count). The van der Waals surface area contributed by atoms with Crippen LogP contribution in [0.2, 0.25) is 0 Å². The molecule has 0 aromatic carbocycles. The van der Waals surface area contributed by atoms with Crippen molar-refractivity contribution in [2.75, 3.05) is 37.7 Å². The Balaban J connectivity index is 1.32. The summed E-state index contributed by atoms with van der Waals surface area (Å²) < 4.78 is 11.9. The minimum atomic E-state index is 0.150. The van der Waals surface area contributed by atoms with E-state index in [1.807, 2.05) is 20.0 Å². The first-order valence-electron chi connectivity index (χ1n) is 9.67. The summed E-state index contributed by atoms with van der Waals surface area (Å²) in [4.78, 5) is 13.9. The van der Waals surface area contributed by atoms with Gasteiger partial charge in [0.05, 0.1) is 17.9 Å². The lowest BCUT2D eigenvalue weighted by Gasteiger charge is -2.35. The molecule has 0 aliphatic carbocycles. The van der Waals surface area contributed by atoms with Crippen molar-refractivity contribution in [2.24, 2.45) is 0 Å². The van der Waals surface area contributed by atoms with Crippen molar-refractivity contribution in [3.05, 3.63) is 41.2 Å². The summed E-state index contributed by atoms with van der Waals surface area (Å²) in [6.07, 6.45) is 5.45. The van der Waals surface area contributed by atoms with Crippen molar-refractivity contribution in [1.29, 1.82) is 0 Å². The van der Waals surface area contributed by atoms with E-state index in [4.69, 9.17) is 9.15 Å². The molecule has 0 amide bonds. The van der Waals surface area contributed by atoms with Gasteiger partial charge in [-0.05, 0) is 45.2 Å². The molecule has 0 N–H and O–H groups in total. The highest BCUT2D eigenvalue weighted by Crippen LogP contribution is 2.29. The lowest BCUT2D eigenvalue weighted by Crippen LogP contribution is -2.46. The van der Waals surface area contributed by atoms with Gasteiger partial charge in [0.15, 0.2) is 0 Å². The summed E-state index contributed by atoms with van der Waals surface area (Å²) in [5.41, 5.74) is 1.98. The second kappa shape index (κ2) is 7.76. The lowest BCUT2D eigenvalue weighted by molar-refractivity contribution is 0.000833. The summed E-state index contributed by atoms with van der Waals surface area (Å²) in [6.45, 7) is 9.69. The van der Waals surface area contributed by atoms with E-state index in [0.717, 1.165) is 74.5 Å². The highest BCUT2D eigenvalue weighted by molar-refractivity contribution is 5.43. The fourth-order valence-electron chi connectivity index (χ4n) is 3.78. The zero-order chi connectivity index (χ0) is 17.9. The number of ether oxygens (including phenoxy) is 1. The summed E-state index contributed by atoms with van der Waals surface area (Å²) in [6, 6.07) is 4.20. The van der Waals surface area contributed by atoms with E-state index >= 15 is 0 Å². The summed E-state index contributed by atoms with van der Waals surface area (Å²) in [5, 5.41) is 0. The number of rotatable bonds is 4. The second-order valence-electron chi connectivity index (χ2n) is 7.34. The maximum Gasteiger partial charge on any atom is 0.150 e. The largest absolute Gasteiger partial charge is 0.462 e. The summed E-state index contributed by atoms with van der Waals surface area (Å²) in [5.74, 6) is 3.05. The van der Waals surface area contributed by atoms with Crippen molar-refractivity contribution in [3.63, 3.8) is 0 Å². The Kier molecular flexibility index (Phi) is 5.22. The second-order valence-corrected chi connectivity index (χ2v) is 7.34. The van der Waals surface area contributed by atoms with Gasteiger partial charge in [-0.25, -0.2) is 4.98 Å². The molecule has 0 radical (unpaired) electrons. The summed E-state index contributed by atoms with van der Waals surface area (Å²) in [7, 11) is 0. The Hall–Kier alpha value is -1.92. The van der Waals surface area contributed by atoms with Crippen LogP contribution in [0.1, 0.15) is 48.3 Å². The van der Waals surface area contributed by atoms with Gasteiger partial charge in [-0.2, -0.15) is 0 Å². The molecule has 2 aromatic rings. The zero-order valence-corrected chi connectivity index (χ0v) is 15.8. The van der Waals surface area contributed by atoms with Gasteiger partial charge < -0.3 is 14.1 Å². The predicted octanol–water partition coefficient (Wildman–Crippen LogP) is 3.25. The van der Waals surface area contributed by atoms with Gasteiger partial charge in [-0.1, -0.05) is 0 Å². The minimum absolute atomic E-state index is 0.150. The molecule has 140 valence electrons. The van der Waals surface area contributed by atoms with Crippen LogP contribution in [0, 0.1) is 13.8 Å². The first kappa shape index (κ1) is 17.5. The minimum Gasteiger partial charge on any atom is -0.462 e. The SMILES string of the molecule is Cc1cnc(C)c(N2CCN(Cc3ccc([C@@H]4CCCCO4)o3)CC2)n1. The number of anilines is 1. The molecule has 0 spiro atoms. The van der Waals surface area contributed by atoms with Crippen LogP contribution in [-0.2, 0) is 11.3 Å². The fourth-order valence-corrected chi connectivity index (χ4v) is 3.78. The van der Waals surface area contributed by atoms with Crippen LogP contribution in [0.4, 0.5) is 5.82 Å². The molecule has 26 heavy (non-hydrogen) atoms. The molecular formula is C20H28N4O2. The predicted molar refractivity (Wildman–Crippen MR) is 100 cm³/mol. The zero-order valence-electron chi connectivity index (χ0n) is 15.8. The van der Waals surface area contributed by atoms with Crippen molar-refractivity contribution in [3.8, 4) is 0 Å². The molecule has 2 aliphatic heterocycles. The van der Waals surface area contributed by atoms with Crippen LogP contribution >= 0.6 is 0 Å². The Morgan fingerprint density at radius 2 is 1.96 bits per heavy atom. The van der Waals surface area contributed by atoms with E-state index in [2.05, 4.69) is 31.9 Å². The molecule has 1 atom stereocenters. The van der Waals surface area contributed by atoms with Crippen molar-refractivity contribution in [2.45, 2.75) is 45.8 Å². The van der Waals surface area contributed by atoms with E-state index in [1.165, 1.54) is 12.8 Å². The van der Waals surface area contributed by atoms with Gasteiger partial charge in [0.1, 0.15) is 23.4 Å². The third-order valence-electron chi connectivity index (χ3n) is 5.28. The number of nitrogens with zero attached hydrogens (tertiary/aromatic N) is 4. The molecule has 2 saturated heterocycles. The Bertz CT molecular complexity index is 731. The van der Waals surface area contributed by atoms with Crippen LogP contribution in [0.5, 0.6) is 0 Å². The molecule has 4 heterocycles. The highest BCUT2D eigenvalue weighted by atomic mass is 16.5. The number of aryl methyl sites for hydroxylation is 2. The lowest BCUT2D eigenvalue weighted by atomic mass is 10.1. The van der Waals surface area contributed by atoms with Crippen molar-refractivity contribution in [1.82, 2.24) is 14.9 Å². The third kappa shape index (κ3) is 3.91. The van der Waals surface area contributed by atoms with Crippen molar-refractivity contribution < 1.29 is 9.15 Å². The topological polar surface area (TPSA) is 54.6 Å². The van der Waals surface area contributed by atoms with E-state index in [0.29, 0.717) is 0 Å². The van der Waals surface area contributed by atoms with Gasteiger partial charge in [0.2, 0.25) is 0 Å². The molecule has 0 unspecified atom stereocenters. The number of piperazine rings is 1. The maximum absolute atomic E-state index is 6.07. The van der Waals surface area contributed by atoms with Gasteiger partial charge in [0.25, 0.3) is 0 Å². The van der Waals surface area contributed by atoms with E-state index < -0.39 is 0 Å². The number of hydrogen-bond acceptors (Lipinski definition) is 6. The molecule has 2 aliphatic rings. The van der Waals surface area contributed by atoms with E-state index in [1.54, 1.807) is 0 Å². The Labute approximate surface area is 155 Å². The average molecular weight is 356 g/mol. The molecule has 0 bridgehead atoms.